The Morgan fingerprint density at radius 1 is 0.906 bits per heavy atom. The molecule has 0 N–H and O–H groups in total. The van der Waals surface area contributed by atoms with Crippen LogP contribution in [0.25, 0.3) is 5.69 Å². The Morgan fingerprint density at radius 2 is 1.66 bits per heavy atom. The van der Waals surface area contributed by atoms with Gasteiger partial charge in [0.1, 0.15) is 5.82 Å². The molecule has 0 atom stereocenters. The van der Waals surface area contributed by atoms with E-state index in [0.29, 0.717) is 31.7 Å². The quantitative estimate of drug-likeness (QED) is 0.636. The number of aryl methyl sites for hydroxylation is 2. The highest BCUT2D eigenvalue weighted by Crippen LogP contribution is 2.18. The number of hydrogen-bond donors (Lipinski definition) is 0. The van der Waals surface area contributed by atoms with Gasteiger partial charge >= 0.3 is 0 Å². The van der Waals surface area contributed by atoms with Crippen molar-refractivity contribution in [2.45, 2.75) is 13.8 Å². The molecule has 1 aromatic heterocycles. The Morgan fingerprint density at radius 3 is 2.34 bits per heavy atom. The van der Waals surface area contributed by atoms with Gasteiger partial charge in [0, 0.05) is 57.6 Å². The molecule has 1 saturated heterocycles. The molecule has 0 bridgehead atoms. The third kappa shape index (κ3) is 4.37. The van der Waals surface area contributed by atoms with E-state index in [9.17, 15) is 9.59 Å². The van der Waals surface area contributed by atoms with Crippen LogP contribution in [0.15, 0.2) is 59.4 Å². The lowest BCUT2D eigenvalue weighted by Gasteiger charge is -2.35. The summed E-state index contributed by atoms with van der Waals surface area (Å²) in [5, 5.41) is 4.62. The van der Waals surface area contributed by atoms with Crippen molar-refractivity contribution < 1.29 is 4.79 Å². The zero-order valence-electron chi connectivity index (χ0n) is 19.1. The molecule has 7 heteroatoms. The van der Waals surface area contributed by atoms with E-state index in [-0.39, 0.29) is 11.5 Å². The first-order valence-corrected chi connectivity index (χ1v) is 10.8. The van der Waals surface area contributed by atoms with E-state index in [4.69, 9.17) is 0 Å². The van der Waals surface area contributed by atoms with Gasteiger partial charge in [0.2, 0.25) is 0 Å². The van der Waals surface area contributed by atoms with Gasteiger partial charge in [-0.1, -0.05) is 12.1 Å². The van der Waals surface area contributed by atoms with Crippen LogP contribution in [-0.4, -0.2) is 60.9 Å². The largest absolute Gasteiger partial charge is 0.378 e. The maximum Gasteiger partial charge on any atom is 0.271 e. The molecule has 0 radical (unpaired) electrons. The number of piperazine rings is 1. The second-order valence-corrected chi connectivity index (χ2v) is 8.43. The van der Waals surface area contributed by atoms with Crippen LogP contribution in [0.4, 0.5) is 11.5 Å². The van der Waals surface area contributed by atoms with Gasteiger partial charge in [-0.15, -0.1) is 5.10 Å². The molecule has 1 aliphatic heterocycles. The van der Waals surface area contributed by atoms with Crippen molar-refractivity contribution in [1.29, 1.82) is 0 Å². The summed E-state index contributed by atoms with van der Waals surface area (Å²) < 4.78 is 1.45. The van der Waals surface area contributed by atoms with Crippen LogP contribution >= 0.6 is 0 Å². The van der Waals surface area contributed by atoms with Crippen LogP contribution in [0.2, 0.25) is 0 Å². The van der Waals surface area contributed by atoms with E-state index in [0.717, 1.165) is 22.8 Å². The zero-order chi connectivity index (χ0) is 22.8. The Bertz CT molecular complexity index is 1190. The number of aromatic nitrogens is 2. The van der Waals surface area contributed by atoms with Crippen molar-refractivity contribution in [1.82, 2.24) is 14.7 Å². The normalized spacial score (nSPS) is 13.9. The second-order valence-electron chi connectivity index (χ2n) is 8.43. The van der Waals surface area contributed by atoms with Crippen molar-refractivity contribution >= 4 is 17.4 Å². The molecule has 1 fully saturated rings. The molecule has 4 rings (SSSR count). The summed E-state index contributed by atoms with van der Waals surface area (Å²) in [4.78, 5) is 31.4. The minimum absolute atomic E-state index is 0.0430. The molecule has 0 saturated carbocycles. The zero-order valence-corrected chi connectivity index (χ0v) is 19.1. The highest BCUT2D eigenvalue weighted by molar-refractivity contribution is 5.95. The van der Waals surface area contributed by atoms with Gasteiger partial charge in [0.15, 0.2) is 0 Å². The van der Waals surface area contributed by atoms with Crippen LogP contribution in [0, 0.1) is 13.8 Å². The average molecular weight is 432 g/mol. The molecular weight excluding hydrogens is 402 g/mol. The number of nitrogens with zero attached hydrogens (tertiary/aromatic N) is 5. The summed E-state index contributed by atoms with van der Waals surface area (Å²) in [7, 11) is 3.93. The van der Waals surface area contributed by atoms with Crippen LogP contribution in [0.3, 0.4) is 0 Å². The molecule has 3 aromatic rings. The molecule has 2 aromatic carbocycles. The summed E-state index contributed by atoms with van der Waals surface area (Å²) in [5.41, 5.74) is 4.60. The standard InChI is InChI=1S/C25H29N5O2/c1-18-8-9-22(16-19(18)2)30-24(31)11-10-23(26-30)28-12-14-29(15-13-28)25(32)20-6-5-7-21(17-20)27(3)4/h5-11,16-17H,12-15H2,1-4H3. The minimum atomic E-state index is -0.161. The molecule has 0 unspecified atom stereocenters. The van der Waals surface area contributed by atoms with Crippen molar-refractivity contribution in [2.75, 3.05) is 50.1 Å². The fourth-order valence-electron chi connectivity index (χ4n) is 3.85. The number of carbonyl (C=O) groups excluding carboxylic acids is 1. The van der Waals surface area contributed by atoms with Crippen molar-refractivity contribution in [3.8, 4) is 5.69 Å². The van der Waals surface area contributed by atoms with E-state index in [2.05, 4.69) is 10.00 Å². The Hall–Kier alpha value is -3.61. The maximum absolute atomic E-state index is 13.0. The number of hydrogen-bond acceptors (Lipinski definition) is 5. The van der Waals surface area contributed by atoms with E-state index in [1.807, 2.05) is 80.2 Å². The van der Waals surface area contributed by atoms with E-state index >= 15 is 0 Å². The summed E-state index contributed by atoms with van der Waals surface area (Å²) in [6.07, 6.45) is 0. The number of carbonyl (C=O) groups is 1. The van der Waals surface area contributed by atoms with Gasteiger partial charge in [0.25, 0.3) is 11.5 Å². The van der Waals surface area contributed by atoms with Crippen LogP contribution in [0.1, 0.15) is 21.5 Å². The summed E-state index contributed by atoms with van der Waals surface area (Å²) in [5.74, 6) is 0.783. The highest BCUT2D eigenvalue weighted by Gasteiger charge is 2.23. The van der Waals surface area contributed by atoms with Gasteiger partial charge in [0.05, 0.1) is 5.69 Å². The number of amides is 1. The first-order chi connectivity index (χ1) is 15.3. The fraction of sp³-hybridized carbons (Fsp3) is 0.320. The predicted octanol–water partition coefficient (Wildman–Crippen LogP) is 2.88. The van der Waals surface area contributed by atoms with Crippen molar-refractivity contribution in [3.05, 3.63) is 81.6 Å². The second kappa shape index (κ2) is 8.86. The smallest absolute Gasteiger partial charge is 0.271 e. The molecule has 7 nitrogen and oxygen atoms in total. The van der Waals surface area contributed by atoms with E-state index < -0.39 is 0 Å². The lowest BCUT2D eigenvalue weighted by molar-refractivity contribution is 0.0746. The first kappa shape index (κ1) is 21.6. The SMILES string of the molecule is Cc1ccc(-n2nc(N3CCN(C(=O)c4cccc(N(C)C)c4)CC3)ccc2=O)cc1C. The first-order valence-electron chi connectivity index (χ1n) is 10.8. The van der Waals surface area contributed by atoms with Crippen LogP contribution < -0.4 is 15.4 Å². The van der Waals surface area contributed by atoms with Crippen molar-refractivity contribution in [2.24, 2.45) is 0 Å². The minimum Gasteiger partial charge on any atom is -0.378 e. The lowest BCUT2D eigenvalue weighted by Crippen LogP contribution is -2.49. The number of anilines is 2. The molecule has 1 aliphatic rings. The molecule has 32 heavy (non-hydrogen) atoms. The van der Waals surface area contributed by atoms with Gasteiger partial charge in [-0.3, -0.25) is 9.59 Å². The van der Waals surface area contributed by atoms with Gasteiger partial charge in [-0.2, -0.15) is 4.68 Å². The van der Waals surface area contributed by atoms with Gasteiger partial charge in [-0.25, -0.2) is 0 Å². The average Bonchev–Trinajstić information content (AvgIpc) is 2.81. The van der Waals surface area contributed by atoms with Gasteiger partial charge < -0.3 is 14.7 Å². The van der Waals surface area contributed by atoms with E-state index in [1.165, 1.54) is 10.2 Å². The molecule has 0 spiro atoms. The Kier molecular flexibility index (Phi) is 5.99. The van der Waals surface area contributed by atoms with Crippen LogP contribution in [0.5, 0.6) is 0 Å². The molecule has 1 amide bonds. The van der Waals surface area contributed by atoms with Crippen molar-refractivity contribution in [3.63, 3.8) is 0 Å². The lowest BCUT2D eigenvalue weighted by atomic mass is 10.1. The Balaban J connectivity index is 1.49. The van der Waals surface area contributed by atoms with Crippen LogP contribution in [-0.2, 0) is 0 Å². The summed E-state index contributed by atoms with van der Waals surface area (Å²) in [6.45, 7) is 6.61. The Labute approximate surface area is 188 Å². The molecule has 2 heterocycles. The number of benzene rings is 2. The summed E-state index contributed by atoms with van der Waals surface area (Å²) >= 11 is 0. The predicted molar refractivity (Wildman–Crippen MR) is 128 cm³/mol. The van der Waals surface area contributed by atoms with Gasteiger partial charge in [-0.05, 0) is 61.4 Å². The third-order valence-corrected chi connectivity index (χ3v) is 6.02. The van der Waals surface area contributed by atoms with E-state index in [1.54, 1.807) is 12.1 Å². The maximum atomic E-state index is 13.0. The fourth-order valence-corrected chi connectivity index (χ4v) is 3.85. The molecule has 0 aliphatic carbocycles. The highest BCUT2D eigenvalue weighted by atomic mass is 16.2. The molecular formula is C25H29N5O2. The monoisotopic (exact) mass is 431 g/mol. The number of rotatable bonds is 4. The third-order valence-electron chi connectivity index (χ3n) is 6.02. The molecule has 166 valence electrons. The topological polar surface area (TPSA) is 61.7 Å². The summed E-state index contributed by atoms with van der Waals surface area (Å²) in [6, 6.07) is 16.9.